The summed E-state index contributed by atoms with van der Waals surface area (Å²) in [4.78, 5) is 9.83. The summed E-state index contributed by atoms with van der Waals surface area (Å²) in [6.45, 7) is 2.25. The zero-order valence-corrected chi connectivity index (χ0v) is 12.8. The van der Waals surface area contributed by atoms with E-state index in [4.69, 9.17) is 5.73 Å². The number of nitrogens with zero attached hydrogens (tertiary/aromatic N) is 2. The lowest BCUT2D eigenvalue weighted by Crippen LogP contribution is -2.02. The molecule has 2 N–H and O–H groups in total. The van der Waals surface area contributed by atoms with Crippen molar-refractivity contribution in [1.82, 2.24) is 9.97 Å². The maximum Gasteiger partial charge on any atom is 0.192 e. The third kappa shape index (κ3) is 3.78. The standard InChI is InChI=1S/C13H15N3O2S2/c1-9-7-10(8-14)16-13(15-9)19-11-3-5-12(6-4-11)20(2,17)18/h3-7H,8,14H2,1-2H3. The van der Waals surface area contributed by atoms with Gasteiger partial charge in [-0.3, -0.25) is 0 Å². The summed E-state index contributed by atoms with van der Waals surface area (Å²) in [6.07, 6.45) is 1.19. The Morgan fingerprint density at radius 3 is 2.40 bits per heavy atom. The molecule has 0 fully saturated rings. The lowest BCUT2D eigenvalue weighted by atomic mass is 10.3. The van der Waals surface area contributed by atoms with Crippen LogP contribution in [0.3, 0.4) is 0 Å². The molecule has 0 aliphatic rings. The fourth-order valence-electron chi connectivity index (χ4n) is 1.61. The Balaban J connectivity index is 2.24. The molecule has 0 unspecified atom stereocenters. The number of rotatable bonds is 4. The van der Waals surface area contributed by atoms with Crippen LogP contribution in [-0.4, -0.2) is 24.6 Å². The second-order valence-corrected chi connectivity index (χ2v) is 7.39. The first kappa shape index (κ1) is 15.0. The van der Waals surface area contributed by atoms with Crippen molar-refractivity contribution >= 4 is 21.6 Å². The van der Waals surface area contributed by atoms with Gasteiger partial charge in [-0.2, -0.15) is 0 Å². The van der Waals surface area contributed by atoms with Crippen LogP contribution in [0, 0.1) is 6.92 Å². The van der Waals surface area contributed by atoms with Crippen LogP contribution in [0.4, 0.5) is 0 Å². The molecule has 2 aromatic rings. The zero-order chi connectivity index (χ0) is 14.8. The van der Waals surface area contributed by atoms with Gasteiger partial charge in [0.25, 0.3) is 0 Å². The summed E-state index contributed by atoms with van der Waals surface area (Å²) < 4.78 is 22.8. The van der Waals surface area contributed by atoms with E-state index < -0.39 is 9.84 Å². The summed E-state index contributed by atoms with van der Waals surface area (Å²) in [5.41, 5.74) is 7.22. The Hall–Kier alpha value is -1.44. The SMILES string of the molecule is Cc1cc(CN)nc(Sc2ccc(S(C)(=O)=O)cc2)n1. The van der Waals surface area contributed by atoms with Crippen LogP contribution in [0.1, 0.15) is 11.4 Å². The van der Waals surface area contributed by atoms with Crippen molar-refractivity contribution in [3.05, 3.63) is 41.7 Å². The largest absolute Gasteiger partial charge is 0.325 e. The van der Waals surface area contributed by atoms with Gasteiger partial charge < -0.3 is 5.73 Å². The van der Waals surface area contributed by atoms with Crippen LogP contribution in [0.15, 0.2) is 45.3 Å². The number of hydrogen-bond acceptors (Lipinski definition) is 6. The number of nitrogens with two attached hydrogens (primary N) is 1. The first-order chi connectivity index (χ1) is 9.38. The van der Waals surface area contributed by atoms with Crippen LogP contribution < -0.4 is 5.73 Å². The number of aromatic nitrogens is 2. The van der Waals surface area contributed by atoms with E-state index in [1.54, 1.807) is 24.3 Å². The Morgan fingerprint density at radius 2 is 1.85 bits per heavy atom. The van der Waals surface area contributed by atoms with E-state index in [0.29, 0.717) is 16.6 Å². The molecule has 1 heterocycles. The van der Waals surface area contributed by atoms with Crippen LogP contribution in [-0.2, 0) is 16.4 Å². The van der Waals surface area contributed by atoms with E-state index in [9.17, 15) is 8.42 Å². The first-order valence-electron chi connectivity index (χ1n) is 5.91. The lowest BCUT2D eigenvalue weighted by Gasteiger charge is -2.05. The fraction of sp³-hybridized carbons (Fsp3) is 0.231. The van der Waals surface area contributed by atoms with E-state index >= 15 is 0 Å². The van der Waals surface area contributed by atoms with Crippen molar-refractivity contribution in [1.29, 1.82) is 0 Å². The molecular formula is C13H15N3O2S2. The maximum atomic E-state index is 11.4. The molecule has 2 rings (SSSR count). The highest BCUT2D eigenvalue weighted by Crippen LogP contribution is 2.26. The summed E-state index contributed by atoms with van der Waals surface area (Å²) >= 11 is 1.38. The molecular weight excluding hydrogens is 294 g/mol. The predicted octanol–water partition coefficient (Wildman–Crippen LogP) is 1.80. The van der Waals surface area contributed by atoms with Gasteiger partial charge in [-0.25, -0.2) is 18.4 Å². The average Bonchev–Trinajstić information content (AvgIpc) is 2.37. The van der Waals surface area contributed by atoms with Crippen molar-refractivity contribution in [3.63, 3.8) is 0 Å². The second kappa shape index (κ2) is 5.90. The normalized spacial score (nSPS) is 11.6. The van der Waals surface area contributed by atoms with Crippen molar-refractivity contribution in [3.8, 4) is 0 Å². The van der Waals surface area contributed by atoms with Gasteiger partial charge in [-0.1, -0.05) is 0 Å². The number of benzene rings is 1. The van der Waals surface area contributed by atoms with Gasteiger partial charge in [0.1, 0.15) is 0 Å². The van der Waals surface area contributed by atoms with Crippen LogP contribution in [0.2, 0.25) is 0 Å². The minimum absolute atomic E-state index is 0.301. The minimum atomic E-state index is -3.17. The summed E-state index contributed by atoms with van der Waals surface area (Å²) in [7, 11) is -3.17. The maximum absolute atomic E-state index is 11.4. The Kier molecular flexibility index (Phi) is 4.42. The molecule has 0 bridgehead atoms. The van der Waals surface area contributed by atoms with Crippen molar-refractivity contribution in [2.24, 2.45) is 5.73 Å². The van der Waals surface area contributed by atoms with Gasteiger partial charge >= 0.3 is 0 Å². The Labute approximate surface area is 122 Å². The highest BCUT2D eigenvalue weighted by atomic mass is 32.2. The van der Waals surface area contributed by atoms with Gasteiger partial charge in [-0.05, 0) is 49.0 Å². The quantitative estimate of drug-likeness (QED) is 0.867. The molecule has 106 valence electrons. The molecule has 0 aliphatic carbocycles. The Morgan fingerprint density at radius 1 is 1.20 bits per heavy atom. The highest BCUT2D eigenvalue weighted by Gasteiger charge is 2.08. The Bertz CT molecular complexity index is 713. The second-order valence-electron chi connectivity index (χ2n) is 4.33. The predicted molar refractivity (Wildman–Crippen MR) is 78.3 cm³/mol. The van der Waals surface area contributed by atoms with E-state index in [-0.39, 0.29) is 0 Å². The minimum Gasteiger partial charge on any atom is -0.325 e. The summed E-state index contributed by atoms with van der Waals surface area (Å²) in [5.74, 6) is 0. The molecule has 0 saturated carbocycles. The van der Waals surface area contributed by atoms with Crippen LogP contribution in [0.5, 0.6) is 0 Å². The molecule has 7 heteroatoms. The molecule has 0 amide bonds. The molecule has 20 heavy (non-hydrogen) atoms. The summed E-state index contributed by atoms with van der Waals surface area (Å²) in [6, 6.07) is 8.50. The smallest absolute Gasteiger partial charge is 0.192 e. The molecule has 1 aromatic carbocycles. The topological polar surface area (TPSA) is 85.9 Å². The third-order valence-corrected chi connectivity index (χ3v) is 4.56. The number of aryl methyl sites for hydroxylation is 1. The van der Waals surface area contributed by atoms with E-state index in [1.165, 1.54) is 18.0 Å². The molecule has 0 atom stereocenters. The average molecular weight is 309 g/mol. The van der Waals surface area contributed by atoms with Gasteiger partial charge in [-0.15, -0.1) is 0 Å². The molecule has 5 nitrogen and oxygen atoms in total. The van der Waals surface area contributed by atoms with E-state index in [2.05, 4.69) is 9.97 Å². The first-order valence-corrected chi connectivity index (χ1v) is 8.62. The van der Waals surface area contributed by atoms with Crippen molar-refractivity contribution < 1.29 is 8.42 Å². The number of sulfone groups is 1. The van der Waals surface area contributed by atoms with Crippen molar-refractivity contribution in [2.45, 2.75) is 28.4 Å². The van der Waals surface area contributed by atoms with E-state index in [0.717, 1.165) is 16.3 Å². The molecule has 0 saturated heterocycles. The zero-order valence-electron chi connectivity index (χ0n) is 11.2. The molecule has 0 radical (unpaired) electrons. The number of hydrogen-bond donors (Lipinski definition) is 1. The monoisotopic (exact) mass is 309 g/mol. The fourth-order valence-corrected chi connectivity index (χ4v) is 3.08. The van der Waals surface area contributed by atoms with Crippen LogP contribution in [0.25, 0.3) is 0 Å². The molecule has 0 spiro atoms. The third-order valence-electron chi connectivity index (χ3n) is 2.56. The van der Waals surface area contributed by atoms with Crippen LogP contribution >= 0.6 is 11.8 Å². The summed E-state index contributed by atoms with van der Waals surface area (Å²) in [5, 5.41) is 0.609. The lowest BCUT2D eigenvalue weighted by molar-refractivity contribution is 0.602. The molecule has 1 aromatic heterocycles. The van der Waals surface area contributed by atoms with Gasteiger partial charge in [0.05, 0.1) is 10.6 Å². The van der Waals surface area contributed by atoms with Gasteiger partial charge in [0.2, 0.25) is 0 Å². The van der Waals surface area contributed by atoms with Gasteiger partial charge in [0.15, 0.2) is 15.0 Å². The van der Waals surface area contributed by atoms with E-state index in [1.807, 2.05) is 13.0 Å². The highest BCUT2D eigenvalue weighted by molar-refractivity contribution is 7.99. The molecule has 0 aliphatic heterocycles. The van der Waals surface area contributed by atoms with Gasteiger partial charge in [0, 0.05) is 23.4 Å². The van der Waals surface area contributed by atoms with Crippen molar-refractivity contribution in [2.75, 3.05) is 6.26 Å².